The third kappa shape index (κ3) is 2.65. The lowest BCUT2D eigenvalue weighted by atomic mass is 11.8. The van der Waals surface area contributed by atoms with Crippen molar-refractivity contribution in [2.45, 2.75) is 0 Å². The molecule has 0 fully saturated rings. The van der Waals surface area contributed by atoms with Crippen LogP contribution in [0.25, 0.3) is 0 Å². The van der Waals surface area contributed by atoms with Crippen molar-refractivity contribution in [2.75, 3.05) is 0 Å². The first-order valence-corrected chi connectivity index (χ1v) is 6.45. The van der Waals surface area contributed by atoms with E-state index in [9.17, 15) is 0 Å². The fourth-order valence-electron chi connectivity index (χ4n) is 0.488. The van der Waals surface area contributed by atoms with Gasteiger partial charge in [-0.25, -0.2) is 23.8 Å². The van der Waals surface area contributed by atoms with Gasteiger partial charge in [0.2, 0.25) is 0 Å². The number of rotatable bonds is 6. The van der Waals surface area contributed by atoms with Crippen molar-refractivity contribution in [1.82, 2.24) is 0 Å². The van der Waals surface area contributed by atoms with E-state index in [0.29, 0.717) is 0 Å². The van der Waals surface area contributed by atoms with E-state index in [-0.39, 0.29) is 0 Å². The summed E-state index contributed by atoms with van der Waals surface area (Å²) in [6.07, 6.45) is 0. The zero-order chi connectivity index (χ0) is 11.2. The van der Waals surface area contributed by atoms with Crippen molar-refractivity contribution in [3.05, 3.63) is 0 Å². The number of nitrogens with one attached hydrogen (secondary N) is 1. The summed E-state index contributed by atoms with van der Waals surface area (Å²) < 4.78 is 21.6. The molecule has 0 aliphatic carbocycles. The van der Waals surface area contributed by atoms with Gasteiger partial charge < -0.3 is 0 Å². The third-order valence-corrected chi connectivity index (χ3v) is 5.09. The van der Waals surface area contributed by atoms with Gasteiger partial charge in [0.15, 0.2) is 0 Å². The second kappa shape index (κ2) is 4.88. The molecular weight excluding hydrogens is 220 g/mol. The van der Waals surface area contributed by atoms with Crippen molar-refractivity contribution in [3.63, 3.8) is 0 Å². The van der Waals surface area contributed by atoms with Gasteiger partial charge in [-0.2, -0.15) is 4.52 Å². The fourth-order valence-corrected chi connectivity index (χ4v) is 3.32. The van der Waals surface area contributed by atoms with Crippen LogP contribution in [0, 0.1) is 5.16 Å². The Kier molecular flexibility index (Phi) is 4.47. The molecule has 0 atom stereocenters. The van der Waals surface area contributed by atoms with E-state index in [0.717, 1.165) is 0 Å². The van der Waals surface area contributed by atoms with Crippen molar-refractivity contribution in [1.29, 1.82) is 5.16 Å². The van der Waals surface area contributed by atoms with Crippen molar-refractivity contribution >= 4 is 48.6 Å². The van der Waals surface area contributed by atoms with Crippen LogP contribution in [0.4, 0.5) is 0 Å². The highest BCUT2D eigenvalue weighted by molar-refractivity contribution is 7.73. The zero-order valence-corrected chi connectivity index (χ0v) is 9.40. The lowest BCUT2D eigenvalue weighted by Crippen LogP contribution is -1.69. The lowest BCUT2D eigenvalue weighted by molar-refractivity contribution is 1.46. The van der Waals surface area contributed by atoms with Crippen molar-refractivity contribution in [3.8, 4) is 0 Å². The number of hydrogen-bond donors (Lipinski definition) is 1. The molecule has 7 nitrogen and oxygen atoms in total. The second-order valence-corrected chi connectivity index (χ2v) is 6.24. The zero-order valence-electron chi connectivity index (χ0n) is 7.61. The average Bonchev–Trinajstić information content (AvgIpc) is 2.26. The Balaban J connectivity index is 5.74. The van der Waals surface area contributed by atoms with E-state index in [1.807, 2.05) is 0 Å². The summed E-state index contributed by atoms with van der Waals surface area (Å²) in [5.74, 6) is 0. The molecule has 0 aliphatic heterocycles. The Labute approximate surface area is 82.8 Å². The van der Waals surface area contributed by atoms with Gasteiger partial charge in [0.1, 0.15) is 0 Å². The summed E-state index contributed by atoms with van der Waals surface area (Å²) in [7, 11) is -5.88. The van der Waals surface area contributed by atoms with E-state index in [4.69, 9.17) is 5.16 Å². The lowest BCUT2D eigenvalue weighted by Gasteiger charge is -2.10. The molecule has 1 N–H and O–H groups in total. The van der Waals surface area contributed by atoms with Crippen LogP contribution in [0.1, 0.15) is 0 Å². The maximum atomic E-state index is 7.63. The van der Waals surface area contributed by atoms with Crippen LogP contribution < -0.4 is 0 Å². The van der Waals surface area contributed by atoms with Gasteiger partial charge in [0, 0.05) is 0 Å². The molecule has 0 rings (SSSR count). The Morgan fingerprint density at radius 2 is 1.07 bits per heavy atom. The summed E-state index contributed by atoms with van der Waals surface area (Å²) in [4.78, 5) is 0. The summed E-state index contributed by atoms with van der Waals surface area (Å²) in [6.45, 7) is 16.2. The molecular formula is C5H11N7P2. The van der Waals surface area contributed by atoms with Gasteiger partial charge in [-0.1, -0.05) is 0 Å². The first-order valence-electron chi connectivity index (χ1n) is 3.20. The van der Waals surface area contributed by atoms with Crippen molar-refractivity contribution in [2.24, 2.45) is 28.3 Å². The molecule has 0 aromatic rings. The summed E-state index contributed by atoms with van der Waals surface area (Å²) >= 11 is 0. The molecule has 0 saturated carbocycles. The topological polar surface area (TPSA) is 98.0 Å². The molecule has 0 heterocycles. The van der Waals surface area contributed by atoms with E-state index in [2.05, 4.69) is 61.9 Å². The first-order chi connectivity index (χ1) is 6.51. The molecule has 0 spiro atoms. The minimum atomic E-state index is -3.05. The molecule has 76 valence electrons. The van der Waals surface area contributed by atoms with E-state index in [1.54, 1.807) is 0 Å². The van der Waals surface area contributed by atoms with Crippen LogP contribution in [-0.2, 0) is 0 Å². The molecule has 9 heteroatoms. The van der Waals surface area contributed by atoms with Crippen LogP contribution in [0.5, 0.6) is 0 Å². The molecule has 0 unspecified atom stereocenters. The maximum Gasteiger partial charge on any atom is 0.306 e. The van der Waals surface area contributed by atoms with Gasteiger partial charge in [-0.05, 0) is 33.6 Å². The quantitative estimate of drug-likeness (QED) is 0.537. The third-order valence-electron chi connectivity index (χ3n) is 1.21. The molecule has 0 aromatic carbocycles. The van der Waals surface area contributed by atoms with Gasteiger partial charge in [-0.15, -0.1) is 0 Å². The Morgan fingerprint density at radius 1 is 0.714 bits per heavy atom. The largest absolute Gasteiger partial charge is 0.306 e. The van der Waals surface area contributed by atoms with Crippen molar-refractivity contribution < 1.29 is 0 Å². The van der Waals surface area contributed by atoms with Crippen LogP contribution in [0.2, 0.25) is 0 Å². The SMILES string of the molecule is C=NP(=N)(N=C)N=P(N=C)(N=C)N=C. The molecule has 0 aromatic heterocycles. The van der Waals surface area contributed by atoms with E-state index in [1.165, 1.54) is 0 Å². The maximum absolute atomic E-state index is 7.63. The molecule has 0 radical (unpaired) electrons. The second-order valence-electron chi connectivity index (χ2n) is 1.90. The highest BCUT2D eigenvalue weighted by Crippen LogP contribution is 2.65. The van der Waals surface area contributed by atoms with Crippen LogP contribution >= 0.6 is 15.0 Å². The number of nitrogens with zero attached hydrogens (tertiary/aromatic N) is 6. The Bertz CT molecular complexity index is 341. The standard InChI is InChI=1S/C5H11N7P2/c1-7-13(6,8-2)12-14(9-3,10-4)11-5/h6H,1-5H2. The van der Waals surface area contributed by atoms with Gasteiger partial charge >= 0.3 is 7.51 Å². The van der Waals surface area contributed by atoms with Crippen LogP contribution in [0.15, 0.2) is 28.3 Å². The minimum absolute atomic E-state index is 2.83. The molecule has 0 saturated heterocycles. The van der Waals surface area contributed by atoms with Gasteiger partial charge in [-0.3, -0.25) is 5.16 Å². The van der Waals surface area contributed by atoms with E-state index < -0.39 is 15.0 Å². The highest BCUT2D eigenvalue weighted by Gasteiger charge is 2.19. The molecule has 0 bridgehead atoms. The first kappa shape index (κ1) is 12.8. The van der Waals surface area contributed by atoms with E-state index >= 15 is 0 Å². The predicted octanol–water partition coefficient (Wildman–Crippen LogP) is 2.96. The number of hydrogen-bond acceptors (Lipinski definition) is 1. The van der Waals surface area contributed by atoms with Gasteiger partial charge in [0.25, 0.3) is 7.51 Å². The smallest absolute Gasteiger partial charge is 0.258 e. The highest BCUT2D eigenvalue weighted by atomic mass is 31.2. The normalized spacial score (nSPS) is 11.1. The minimum Gasteiger partial charge on any atom is -0.258 e. The average molecular weight is 231 g/mol. The molecule has 0 aliphatic rings. The Hall–Kier alpha value is -1.19. The summed E-state index contributed by atoms with van der Waals surface area (Å²) in [5, 5.41) is 7.63. The summed E-state index contributed by atoms with van der Waals surface area (Å²) in [6, 6.07) is 0. The fraction of sp³-hybridized carbons (Fsp3) is 0. The van der Waals surface area contributed by atoms with Crippen LogP contribution in [-0.4, -0.2) is 33.6 Å². The van der Waals surface area contributed by atoms with Gasteiger partial charge in [0.05, 0.1) is 0 Å². The Morgan fingerprint density at radius 3 is 1.29 bits per heavy atom. The molecule has 0 amide bonds. The predicted molar refractivity (Wildman–Crippen MR) is 66.7 cm³/mol. The monoisotopic (exact) mass is 231 g/mol. The summed E-state index contributed by atoms with van der Waals surface area (Å²) in [5.41, 5.74) is 0. The molecule has 14 heavy (non-hydrogen) atoms. The van der Waals surface area contributed by atoms with Crippen LogP contribution in [0.3, 0.4) is 0 Å².